The number of nitrogens with zero attached hydrogens (tertiary/aromatic N) is 3. The van der Waals surface area contributed by atoms with Crippen LogP contribution in [0.25, 0.3) is 0 Å². The third-order valence-corrected chi connectivity index (χ3v) is 3.56. The number of H-pyrrole nitrogens is 1. The van der Waals surface area contributed by atoms with Crippen LogP contribution in [0.5, 0.6) is 5.75 Å². The Morgan fingerprint density at radius 1 is 1.32 bits per heavy atom. The minimum absolute atomic E-state index is 0.220. The van der Waals surface area contributed by atoms with Crippen LogP contribution < -0.4 is 10.1 Å². The van der Waals surface area contributed by atoms with Gasteiger partial charge in [0, 0.05) is 5.69 Å². The third kappa shape index (κ3) is 4.00. The number of nitriles is 1. The maximum absolute atomic E-state index is 12.0. The molecule has 0 atom stereocenters. The summed E-state index contributed by atoms with van der Waals surface area (Å²) in [6.45, 7) is 2.24. The minimum atomic E-state index is -0.334. The van der Waals surface area contributed by atoms with Crippen molar-refractivity contribution >= 4 is 11.6 Å². The highest BCUT2D eigenvalue weighted by molar-refractivity contribution is 6.03. The molecule has 0 spiro atoms. The van der Waals surface area contributed by atoms with Gasteiger partial charge >= 0.3 is 0 Å². The van der Waals surface area contributed by atoms with Crippen molar-refractivity contribution in [1.29, 1.82) is 5.26 Å². The Hall–Kier alpha value is -3.66. The zero-order valence-electron chi connectivity index (χ0n) is 13.5. The van der Waals surface area contributed by atoms with E-state index in [4.69, 9.17) is 10.00 Å². The van der Waals surface area contributed by atoms with Crippen LogP contribution in [0.15, 0.2) is 48.7 Å². The van der Waals surface area contributed by atoms with Crippen molar-refractivity contribution in [3.63, 3.8) is 0 Å². The number of hydrogen-bond donors (Lipinski definition) is 2. The molecule has 0 radical (unpaired) electrons. The van der Waals surface area contributed by atoms with Crippen molar-refractivity contribution in [2.75, 3.05) is 5.32 Å². The third-order valence-electron chi connectivity index (χ3n) is 3.56. The SMILES string of the molecule is Cc1cc(OCc2cccc(C#N)c2)ccc1NC(=O)c1cn[nH]n1. The predicted molar refractivity (Wildman–Crippen MR) is 91.0 cm³/mol. The number of hydrogen-bond acceptors (Lipinski definition) is 5. The minimum Gasteiger partial charge on any atom is -0.489 e. The van der Waals surface area contributed by atoms with Crippen molar-refractivity contribution < 1.29 is 9.53 Å². The summed E-state index contributed by atoms with van der Waals surface area (Å²) in [4.78, 5) is 12.0. The summed E-state index contributed by atoms with van der Waals surface area (Å²) in [6.07, 6.45) is 1.36. The number of aryl methyl sites for hydroxylation is 1. The van der Waals surface area contributed by atoms with E-state index in [0.29, 0.717) is 23.6 Å². The maximum Gasteiger partial charge on any atom is 0.277 e. The maximum atomic E-state index is 12.0. The van der Waals surface area contributed by atoms with Gasteiger partial charge in [-0.25, -0.2) is 0 Å². The van der Waals surface area contributed by atoms with E-state index < -0.39 is 0 Å². The number of carbonyl (C=O) groups excluding carboxylic acids is 1. The van der Waals surface area contributed by atoms with Gasteiger partial charge in [0.1, 0.15) is 12.4 Å². The number of ether oxygens (including phenoxy) is 1. The second kappa shape index (κ2) is 7.27. The van der Waals surface area contributed by atoms with Gasteiger partial charge in [0.2, 0.25) is 0 Å². The lowest BCUT2D eigenvalue weighted by atomic mass is 10.1. The van der Waals surface area contributed by atoms with Gasteiger partial charge in [-0.1, -0.05) is 12.1 Å². The second-order valence-corrected chi connectivity index (χ2v) is 5.39. The quantitative estimate of drug-likeness (QED) is 0.747. The molecule has 0 saturated heterocycles. The van der Waals surface area contributed by atoms with Gasteiger partial charge in [-0.05, 0) is 48.4 Å². The van der Waals surface area contributed by atoms with E-state index in [1.807, 2.05) is 25.1 Å². The van der Waals surface area contributed by atoms with Crippen LogP contribution in [0, 0.1) is 18.3 Å². The zero-order valence-corrected chi connectivity index (χ0v) is 13.5. The van der Waals surface area contributed by atoms with Gasteiger partial charge in [-0.2, -0.15) is 20.7 Å². The fourth-order valence-electron chi connectivity index (χ4n) is 2.26. The molecule has 2 N–H and O–H groups in total. The van der Waals surface area contributed by atoms with E-state index in [0.717, 1.165) is 11.1 Å². The summed E-state index contributed by atoms with van der Waals surface area (Å²) < 4.78 is 5.76. The standard InChI is InChI=1S/C18H15N5O2/c1-12-7-15(25-11-14-4-2-3-13(8-14)9-19)5-6-16(12)21-18(24)17-10-20-23-22-17/h2-8,10H,11H2,1H3,(H,21,24)(H,20,22,23). The molecular formula is C18H15N5O2. The lowest BCUT2D eigenvalue weighted by Crippen LogP contribution is -2.13. The van der Waals surface area contributed by atoms with Crippen LogP contribution in [0.1, 0.15) is 27.2 Å². The zero-order chi connectivity index (χ0) is 17.6. The molecule has 0 aliphatic carbocycles. The van der Waals surface area contributed by atoms with Crippen molar-refractivity contribution in [3.05, 3.63) is 71.0 Å². The smallest absolute Gasteiger partial charge is 0.277 e. The van der Waals surface area contributed by atoms with Crippen molar-refractivity contribution in [1.82, 2.24) is 15.4 Å². The summed E-state index contributed by atoms with van der Waals surface area (Å²) >= 11 is 0. The van der Waals surface area contributed by atoms with Gasteiger partial charge in [-0.15, -0.1) is 0 Å². The molecule has 0 unspecified atom stereocenters. The molecule has 0 fully saturated rings. The molecule has 1 heterocycles. The Bertz CT molecular complexity index is 929. The van der Waals surface area contributed by atoms with Gasteiger partial charge in [0.25, 0.3) is 5.91 Å². The Morgan fingerprint density at radius 2 is 2.20 bits per heavy atom. The monoisotopic (exact) mass is 333 g/mol. The van der Waals surface area contributed by atoms with Crippen molar-refractivity contribution in [2.24, 2.45) is 0 Å². The molecule has 1 amide bonds. The summed E-state index contributed by atoms with van der Waals surface area (Å²) in [7, 11) is 0. The van der Waals surface area contributed by atoms with E-state index in [1.165, 1.54) is 6.20 Å². The summed E-state index contributed by atoms with van der Waals surface area (Å²) in [5, 5.41) is 21.4. The number of benzene rings is 2. The topological polar surface area (TPSA) is 104 Å². The number of anilines is 1. The first kappa shape index (κ1) is 16.2. The van der Waals surface area contributed by atoms with Gasteiger partial charge < -0.3 is 10.1 Å². The molecular weight excluding hydrogens is 318 g/mol. The van der Waals surface area contributed by atoms with Crippen LogP contribution in [0.2, 0.25) is 0 Å². The fourth-order valence-corrected chi connectivity index (χ4v) is 2.26. The van der Waals surface area contributed by atoms with Crippen LogP contribution in [-0.2, 0) is 6.61 Å². The lowest BCUT2D eigenvalue weighted by Gasteiger charge is -2.11. The molecule has 2 aromatic carbocycles. The van der Waals surface area contributed by atoms with Gasteiger partial charge in [0.15, 0.2) is 5.69 Å². The predicted octanol–water partition coefficient (Wildman–Crippen LogP) is 2.82. The molecule has 0 aliphatic rings. The molecule has 0 aliphatic heterocycles. The van der Waals surface area contributed by atoms with Crippen LogP contribution in [-0.4, -0.2) is 21.3 Å². The first-order valence-electron chi connectivity index (χ1n) is 7.55. The second-order valence-electron chi connectivity index (χ2n) is 5.39. The number of rotatable bonds is 5. The Kier molecular flexibility index (Phi) is 4.72. The van der Waals surface area contributed by atoms with Crippen molar-refractivity contribution in [3.8, 4) is 11.8 Å². The molecule has 7 nitrogen and oxygen atoms in total. The Labute approximate surface area is 144 Å². The van der Waals surface area contributed by atoms with E-state index >= 15 is 0 Å². The van der Waals surface area contributed by atoms with E-state index in [9.17, 15) is 4.79 Å². The average molecular weight is 333 g/mol. The first-order chi connectivity index (χ1) is 12.2. The molecule has 0 saturated carbocycles. The van der Waals surface area contributed by atoms with E-state index in [-0.39, 0.29) is 11.6 Å². The number of aromatic nitrogens is 3. The Balaban J connectivity index is 1.65. The average Bonchev–Trinajstić information content (AvgIpc) is 3.17. The summed E-state index contributed by atoms with van der Waals surface area (Å²) in [5.41, 5.74) is 3.27. The van der Waals surface area contributed by atoms with Gasteiger partial charge in [0.05, 0.1) is 17.8 Å². The molecule has 7 heteroatoms. The molecule has 3 aromatic rings. The summed E-state index contributed by atoms with van der Waals surface area (Å²) in [5.74, 6) is 0.345. The highest BCUT2D eigenvalue weighted by Gasteiger charge is 2.10. The van der Waals surface area contributed by atoms with Gasteiger partial charge in [-0.3, -0.25) is 4.79 Å². The highest BCUT2D eigenvalue weighted by atomic mass is 16.5. The number of aromatic amines is 1. The van der Waals surface area contributed by atoms with E-state index in [1.54, 1.807) is 24.3 Å². The molecule has 3 rings (SSSR count). The number of amides is 1. The normalized spacial score (nSPS) is 10.1. The lowest BCUT2D eigenvalue weighted by molar-refractivity contribution is 0.102. The number of nitrogens with one attached hydrogen (secondary N) is 2. The van der Waals surface area contributed by atoms with E-state index in [2.05, 4.69) is 26.8 Å². The van der Waals surface area contributed by atoms with Crippen LogP contribution in [0.3, 0.4) is 0 Å². The highest BCUT2D eigenvalue weighted by Crippen LogP contribution is 2.22. The first-order valence-corrected chi connectivity index (χ1v) is 7.55. The van der Waals surface area contributed by atoms with Crippen LogP contribution >= 0.6 is 0 Å². The number of carbonyl (C=O) groups is 1. The largest absolute Gasteiger partial charge is 0.489 e. The van der Waals surface area contributed by atoms with Crippen LogP contribution in [0.4, 0.5) is 5.69 Å². The molecule has 0 bridgehead atoms. The summed E-state index contributed by atoms with van der Waals surface area (Å²) in [6, 6.07) is 14.8. The van der Waals surface area contributed by atoms with Crippen molar-refractivity contribution in [2.45, 2.75) is 13.5 Å². The molecule has 25 heavy (non-hydrogen) atoms. The molecule has 124 valence electrons. The molecule has 1 aromatic heterocycles. The fraction of sp³-hybridized carbons (Fsp3) is 0.111. The Morgan fingerprint density at radius 3 is 2.92 bits per heavy atom.